The van der Waals surface area contributed by atoms with Gasteiger partial charge in [0.05, 0.1) is 12.7 Å². The minimum Gasteiger partial charge on any atom is -0.454 e. The smallest absolute Gasteiger partial charge is 0.407 e. The molecule has 6 heteroatoms. The van der Waals surface area contributed by atoms with Gasteiger partial charge >= 0.3 is 6.09 Å². The predicted molar refractivity (Wildman–Crippen MR) is 121 cm³/mol. The van der Waals surface area contributed by atoms with E-state index in [1.54, 1.807) is 0 Å². The van der Waals surface area contributed by atoms with Crippen molar-refractivity contribution < 1.29 is 23.7 Å². The molecule has 2 aliphatic carbocycles. The number of carbonyl (C=O) groups is 1. The molecule has 5 atom stereocenters. The van der Waals surface area contributed by atoms with E-state index in [-0.39, 0.29) is 42.3 Å². The molecule has 4 aliphatic rings. The molecular weight excluding hydrogens is 406 g/mol. The van der Waals surface area contributed by atoms with Crippen molar-refractivity contribution >= 4 is 6.09 Å². The van der Waals surface area contributed by atoms with E-state index in [0.717, 1.165) is 29.9 Å². The molecule has 1 N–H and O–H groups in total. The Morgan fingerprint density at radius 1 is 1.16 bits per heavy atom. The number of nitrogens with one attached hydrogen (secondary N) is 1. The summed E-state index contributed by atoms with van der Waals surface area (Å²) in [7, 11) is 0. The van der Waals surface area contributed by atoms with Crippen LogP contribution in [0.25, 0.3) is 0 Å². The summed E-state index contributed by atoms with van der Waals surface area (Å²) in [5, 5.41) is 3.08. The summed E-state index contributed by atoms with van der Waals surface area (Å²) in [4.78, 5) is 12.6. The number of benzene rings is 1. The predicted octanol–water partition coefficient (Wildman–Crippen LogP) is 5.38. The van der Waals surface area contributed by atoms with Crippen molar-refractivity contribution in [1.29, 1.82) is 0 Å². The first-order valence-electron chi connectivity index (χ1n) is 12.1. The zero-order valence-corrected chi connectivity index (χ0v) is 19.4. The topological polar surface area (TPSA) is 66.0 Å². The summed E-state index contributed by atoms with van der Waals surface area (Å²) in [6.45, 7) is 7.93. The average molecular weight is 442 g/mol. The van der Waals surface area contributed by atoms with Gasteiger partial charge in [-0.15, -0.1) is 0 Å². The van der Waals surface area contributed by atoms with E-state index in [4.69, 9.17) is 18.9 Å². The molecule has 0 unspecified atom stereocenters. The molecule has 174 valence electrons. The highest BCUT2D eigenvalue weighted by Gasteiger charge is 2.54. The fourth-order valence-corrected chi connectivity index (χ4v) is 6.30. The lowest BCUT2D eigenvalue weighted by atomic mass is 9.56. The van der Waals surface area contributed by atoms with Crippen LogP contribution in [0.15, 0.2) is 29.8 Å². The first kappa shape index (κ1) is 21.6. The van der Waals surface area contributed by atoms with Crippen LogP contribution < -0.4 is 14.8 Å². The molecule has 0 aromatic heterocycles. The number of hydrogen-bond acceptors (Lipinski definition) is 5. The molecule has 1 aromatic carbocycles. The second-order valence-corrected chi connectivity index (χ2v) is 10.1. The molecule has 2 bridgehead atoms. The van der Waals surface area contributed by atoms with Gasteiger partial charge in [-0.2, -0.15) is 0 Å². The summed E-state index contributed by atoms with van der Waals surface area (Å²) >= 11 is 0. The monoisotopic (exact) mass is 441 g/mol. The van der Waals surface area contributed by atoms with E-state index in [0.29, 0.717) is 19.1 Å². The average Bonchev–Trinajstić information content (AvgIpc) is 3.25. The van der Waals surface area contributed by atoms with E-state index in [1.807, 2.05) is 12.1 Å². The summed E-state index contributed by atoms with van der Waals surface area (Å²) in [6.07, 6.45) is 7.76. The maximum atomic E-state index is 12.6. The number of amides is 1. The van der Waals surface area contributed by atoms with Crippen LogP contribution in [0.1, 0.15) is 64.5 Å². The number of carbonyl (C=O) groups excluding carboxylic acids is 1. The molecule has 0 spiro atoms. The highest BCUT2D eigenvalue weighted by molar-refractivity contribution is 5.67. The van der Waals surface area contributed by atoms with Crippen molar-refractivity contribution in [3.8, 4) is 11.5 Å². The zero-order chi connectivity index (χ0) is 22.3. The van der Waals surface area contributed by atoms with Crippen LogP contribution >= 0.6 is 0 Å². The van der Waals surface area contributed by atoms with Crippen LogP contribution in [0.5, 0.6) is 11.5 Å². The number of hydrogen-bond donors (Lipinski definition) is 1. The van der Waals surface area contributed by atoms with Crippen molar-refractivity contribution in [3.63, 3.8) is 0 Å². The fourth-order valence-electron chi connectivity index (χ4n) is 6.30. The molecule has 2 aliphatic heterocycles. The second kappa shape index (κ2) is 8.62. The highest BCUT2D eigenvalue weighted by Crippen LogP contribution is 2.56. The molecule has 1 amide bonds. The Kier molecular flexibility index (Phi) is 5.82. The Bertz CT molecular complexity index is 892. The van der Waals surface area contributed by atoms with Crippen LogP contribution in [-0.4, -0.2) is 32.1 Å². The van der Waals surface area contributed by atoms with Gasteiger partial charge in [-0.3, -0.25) is 0 Å². The van der Waals surface area contributed by atoms with Crippen molar-refractivity contribution in [3.05, 3.63) is 35.4 Å². The first-order valence-corrected chi connectivity index (χ1v) is 12.1. The van der Waals surface area contributed by atoms with Crippen LogP contribution in [0.3, 0.4) is 0 Å². The number of ether oxygens (including phenoxy) is 4. The Hall–Kier alpha value is -2.21. The zero-order valence-electron chi connectivity index (χ0n) is 19.4. The largest absolute Gasteiger partial charge is 0.454 e. The molecule has 6 nitrogen and oxygen atoms in total. The summed E-state index contributed by atoms with van der Waals surface area (Å²) < 4.78 is 23.5. The standard InChI is InChI=1S/C26H35NO5/c1-16-11-17(2)26(14-30-25(28)27-20-7-5-4-6-8-20)13-29-24(23(16)18(26)3)19-9-10-21-22(12-19)32-15-31-21/h9-12,17-18,20,23-24H,4-8,13-15H2,1-3H3,(H,27,28)/t17-,18+,23+,24-,26-/m0/s1. The third-order valence-corrected chi connectivity index (χ3v) is 8.37. The SMILES string of the molecule is CC1=C[C@H](C)[C@@]2(COC(=O)NC3CCCCC3)CO[C@@H](c3ccc4c(c3)OCO4)[C@H]1[C@H]2C. The molecule has 1 saturated heterocycles. The summed E-state index contributed by atoms with van der Waals surface area (Å²) in [5.74, 6) is 2.38. The van der Waals surface area contributed by atoms with Crippen LogP contribution in [0, 0.1) is 23.2 Å². The molecule has 32 heavy (non-hydrogen) atoms. The lowest BCUT2D eigenvalue weighted by Gasteiger charge is -2.55. The summed E-state index contributed by atoms with van der Waals surface area (Å²) in [5.41, 5.74) is 2.23. The van der Waals surface area contributed by atoms with Gasteiger partial charge in [0.15, 0.2) is 11.5 Å². The number of alkyl carbamates (subject to hydrolysis) is 1. The highest BCUT2D eigenvalue weighted by atomic mass is 16.7. The maximum Gasteiger partial charge on any atom is 0.407 e. The van der Waals surface area contributed by atoms with E-state index in [9.17, 15) is 4.79 Å². The molecule has 1 saturated carbocycles. The summed E-state index contributed by atoms with van der Waals surface area (Å²) in [6, 6.07) is 6.35. The van der Waals surface area contributed by atoms with Gasteiger partial charge in [0, 0.05) is 17.4 Å². The Labute approximate surface area is 190 Å². The van der Waals surface area contributed by atoms with E-state index in [2.05, 4.69) is 38.2 Å². The van der Waals surface area contributed by atoms with Gasteiger partial charge < -0.3 is 24.3 Å². The van der Waals surface area contributed by atoms with Crippen molar-refractivity contribution in [2.45, 2.75) is 65.0 Å². The van der Waals surface area contributed by atoms with Gasteiger partial charge in [-0.25, -0.2) is 4.79 Å². The van der Waals surface area contributed by atoms with Crippen molar-refractivity contribution in [1.82, 2.24) is 5.32 Å². The van der Waals surface area contributed by atoms with Crippen LogP contribution in [0.4, 0.5) is 4.79 Å². The van der Waals surface area contributed by atoms with Gasteiger partial charge in [0.2, 0.25) is 6.79 Å². The van der Waals surface area contributed by atoms with Crippen LogP contribution in [0.2, 0.25) is 0 Å². The number of fused-ring (bicyclic) bond motifs is 3. The van der Waals surface area contributed by atoms with E-state index < -0.39 is 0 Å². The minimum atomic E-state index is -0.286. The molecule has 2 heterocycles. The van der Waals surface area contributed by atoms with Gasteiger partial charge in [0.1, 0.15) is 6.61 Å². The number of rotatable bonds is 4. The molecule has 0 radical (unpaired) electrons. The van der Waals surface area contributed by atoms with E-state index >= 15 is 0 Å². The van der Waals surface area contributed by atoms with Crippen LogP contribution in [-0.2, 0) is 9.47 Å². The lowest BCUT2D eigenvalue weighted by molar-refractivity contribution is -0.165. The normalized spacial score (nSPS) is 34.0. The first-order chi connectivity index (χ1) is 15.5. The fraction of sp³-hybridized carbons (Fsp3) is 0.654. The second-order valence-electron chi connectivity index (χ2n) is 10.1. The molecule has 1 aromatic rings. The van der Waals surface area contributed by atoms with E-state index in [1.165, 1.54) is 24.8 Å². The third kappa shape index (κ3) is 3.76. The maximum absolute atomic E-state index is 12.6. The van der Waals surface area contributed by atoms with Crippen molar-refractivity contribution in [2.75, 3.05) is 20.0 Å². The van der Waals surface area contributed by atoms with Gasteiger partial charge in [-0.05, 0) is 49.3 Å². The van der Waals surface area contributed by atoms with Gasteiger partial charge in [-0.1, -0.05) is 50.8 Å². The third-order valence-electron chi connectivity index (χ3n) is 8.37. The van der Waals surface area contributed by atoms with Gasteiger partial charge in [0.25, 0.3) is 0 Å². The Morgan fingerprint density at radius 2 is 1.94 bits per heavy atom. The number of allylic oxidation sites excluding steroid dienone is 1. The quantitative estimate of drug-likeness (QED) is 0.636. The molecular formula is C26H35NO5. The minimum absolute atomic E-state index is 0.0487. The molecule has 2 fully saturated rings. The Morgan fingerprint density at radius 3 is 2.75 bits per heavy atom. The molecule has 5 rings (SSSR count). The van der Waals surface area contributed by atoms with Crippen molar-refractivity contribution in [2.24, 2.45) is 23.2 Å². The lowest BCUT2D eigenvalue weighted by Crippen LogP contribution is -2.55. The Balaban J connectivity index is 1.32.